The summed E-state index contributed by atoms with van der Waals surface area (Å²) < 4.78 is 18.7. The number of benzene rings is 1. The predicted molar refractivity (Wildman–Crippen MR) is 55.3 cm³/mol. The molecule has 5 nitrogen and oxygen atoms in total. The number of aliphatic imine (C=N–C) groups is 1. The van der Waals surface area contributed by atoms with Gasteiger partial charge in [0.05, 0.1) is 12.7 Å². The van der Waals surface area contributed by atoms with Gasteiger partial charge in [0.1, 0.15) is 5.54 Å². The fraction of sp³-hybridized carbons (Fsp3) is 0.364. The molecule has 0 atom stereocenters. The fourth-order valence-electron chi connectivity index (χ4n) is 1.81. The number of phenolic OH excluding ortho intramolecular Hbond substituents is 2. The summed E-state index contributed by atoms with van der Waals surface area (Å²) in [5.74, 6) is -2.15. The minimum absolute atomic E-state index is 0.206. The molecule has 17 heavy (non-hydrogen) atoms. The highest BCUT2D eigenvalue weighted by atomic mass is 19.1. The molecule has 0 spiro atoms. The summed E-state index contributed by atoms with van der Waals surface area (Å²) in [6.07, 6.45) is 2.19. The Morgan fingerprint density at radius 2 is 2.18 bits per heavy atom. The van der Waals surface area contributed by atoms with Crippen LogP contribution in [0.5, 0.6) is 17.2 Å². The van der Waals surface area contributed by atoms with Gasteiger partial charge in [-0.2, -0.15) is 4.99 Å². The van der Waals surface area contributed by atoms with Crippen LogP contribution in [0.25, 0.3) is 0 Å². The summed E-state index contributed by atoms with van der Waals surface area (Å²) in [6.45, 7) is 0. The SMILES string of the molecule is COc1cc(O)c(O)c(C2(N=C=O)CC2)c1F. The van der Waals surface area contributed by atoms with Crippen molar-refractivity contribution in [2.45, 2.75) is 18.4 Å². The molecule has 2 N–H and O–H groups in total. The standard InChI is InChI=1S/C11H10FNO4/c1-17-7-4-6(15)10(16)8(9(7)12)11(2-3-11)13-5-14/h4,15-16H,2-3H2,1H3. The van der Waals surface area contributed by atoms with Gasteiger partial charge in [-0.05, 0) is 12.8 Å². The van der Waals surface area contributed by atoms with E-state index in [0.29, 0.717) is 12.8 Å². The lowest BCUT2D eigenvalue weighted by Gasteiger charge is -2.15. The quantitative estimate of drug-likeness (QED) is 0.476. The molecule has 1 saturated carbocycles. The maximum absolute atomic E-state index is 14.0. The lowest BCUT2D eigenvalue weighted by atomic mass is 10.0. The van der Waals surface area contributed by atoms with Crippen molar-refractivity contribution in [1.82, 2.24) is 0 Å². The number of isocyanates is 1. The summed E-state index contributed by atoms with van der Waals surface area (Å²) in [4.78, 5) is 13.8. The lowest BCUT2D eigenvalue weighted by molar-refractivity contribution is 0.354. The number of rotatable bonds is 3. The van der Waals surface area contributed by atoms with Crippen molar-refractivity contribution < 1.29 is 24.1 Å². The Kier molecular flexibility index (Phi) is 2.52. The van der Waals surface area contributed by atoms with E-state index >= 15 is 0 Å². The van der Waals surface area contributed by atoms with E-state index in [0.717, 1.165) is 6.07 Å². The van der Waals surface area contributed by atoms with Crippen LogP contribution in [0, 0.1) is 5.82 Å². The van der Waals surface area contributed by atoms with E-state index in [1.54, 1.807) is 0 Å². The van der Waals surface area contributed by atoms with Crippen LogP contribution in [-0.4, -0.2) is 23.4 Å². The Labute approximate surface area is 96.2 Å². The molecule has 0 amide bonds. The van der Waals surface area contributed by atoms with E-state index in [9.17, 15) is 19.4 Å². The van der Waals surface area contributed by atoms with E-state index in [1.807, 2.05) is 0 Å². The molecule has 1 fully saturated rings. The summed E-state index contributed by atoms with van der Waals surface area (Å²) >= 11 is 0. The number of ether oxygens (including phenoxy) is 1. The van der Waals surface area contributed by atoms with Gasteiger partial charge in [0.2, 0.25) is 6.08 Å². The molecule has 0 bridgehead atoms. The summed E-state index contributed by atoms with van der Waals surface area (Å²) in [5, 5.41) is 19.1. The zero-order valence-corrected chi connectivity index (χ0v) is 9.03. The molecule has 6 heteroatoms. The van der Waals surface area contributed by atoms with Crippen molar-refractivity contribution in [2.75, 3.05) is 7.11 Å². The molecular weight excluding hydrogens is 229 g/mol. The smallest absolute Gasteiger partial charge is 0.235 e. The number of hydrogen-bond acceptors (Lipinski definition) is 5. The van der Waals surface area contributed by atoms with Crippen LogP contribution in [-0.2, 0) is 10.3 Å². The Morgan fingerprint density at radius 1 is 1.53 bits per heavy atom. The molecule has 0 heterocycles. The number of halogens is 1. The minimum atomic E-state index is -1.11. The van der Waals surface area contributed by atoms with E-state index in [2.05, 4.69) is 4.99 Å². The number of nitrogens with zero attached hydrogens (tertiary/aromatic N) is 1. The molecule has 0 aromatic heterocycles. The maximum Gasteiger partial charge on any atom is 0.235 e. The van der Waals surface area contributed by atoms with Crippen LogP contribution < -0.4 is 4.74 Å². The zero-order chi connectivity index (χ0) is 12.6. The first-order valence-corrected chi connectivity index (χ1v) is 4.93. The van der Waals surface area contributed by atoms with Crippen molar-refractivity contribution >= 4 is 6.08 Å². The fourth-order valence-corrected chi connectivity index (χ4v) is 1.81. The number of phenols is 2. The van der Waals surface area contributed by atoms with Crippen molar-refractivity contribution in [3.8, 4) is 17.2 Å². The van der Waals surface area contributed by atoms with E-state index < -0.39 is 22.9 Å². The van der Waals surface area contributed by atoms with Crippen LogP contribution in [0.2, 0.25) is 0 Å². The Bertz CT molecular complexity index is 519. The number of methoxy groups -OCH3 is 1. The normalized spacial score (nSPS) is 16.1. The molecule has 0 radical (unpaired) electrons. The Hall–Kier alpha value is -2.07. The van der Waals surface area contributed by atoms with Crippen LogP contribution in [0.1, 0.15) is 18.4 Å². The highest BCUT2D eigenvalue weighted by molar-refractivity contribution is 5.57. The third-order valence-corrected chi connectivity index (χ3v) is 2.85. The van der Waals surface area contributed by atoms with Crippen LogP contribution in [0.15, 0.2) is 11.1 Å². The highest BCUT2D eigenvalue weighted by Gasteiger charge is 2.50. The van der Waals surface area contributed by atoms with Gasteiger partial charge < -0.3 is 14.9 Å². The first-order chi connectivity index (χ1) is 8.05. The topological polar surface area (TPSA) is 79.1 Å². The monoisotopic (exact) mass is 239 g/mol. The second kappa shape index (κ2) is 3.75. The second-order valence-electron chi connectivity index (χ2n) is 3.87. The van der Waals surface area contributed by atoms with Crippen LogP contribution >= 0.6 is 0 Å². The van der Waals surface area contributed by atoms with Crippen molar-refractivity contribution in [2.24, 2.45) is 4.99 Å². The van der Waals surface area contributed by atoms with Gasteiger partial charge in [-0.1, -0.05) is 0 Å². The molecule has 1 aromatic carbocycles. The second-order valence-corrected chi connectivity index (χ2v) is 3.87. The first kappa shape index (κ1) is 11.4. The first-order valence-electron chi connectivity index (χ1n) is 4.93. The van der Waals surface area contributed by atoms with Gasteiger partial charge in [0.15, 0.2) is 23.1 Å². The van der Waals surface area contributed by atoms with Gasteiger partial charge in [-0.3, -0.25) is 0 Å². The number of aromatic hydroxyl groups is 2. The van der Waals surface area contributed by atoms with Gasteiger partial charge in [0, 0.05) is 6.07 Å². The third-order valence-electron chi connectivity index (χ3n) is 2.85. The molecule has 1 aliphatic carbocycles. The number of carbonyl (C=O) groups excluding carboxylic acids is 1. The van der Waals surface area contributed by atoms with Gasteiger partial charge in [-0.15, -0.1) is 0 Å². The summed E-state index contributed by atoms with van der Waals surface area (Å²) in [6, 6.07) is 0.967. The molecule has 0 unspecified atom stereocenters. The summed E-state index contributed by atoms with van der Waals surface area (Å²) in [5.41, 5.74) is -1.32. The molecule has 1 aliphatic rings. The average molecular weight is 239 g/mol. The van der Waals surface area contributed by atoms with E-state index in [4.69, 9.17) is 4.74 Å². The molecular formula is C11H10FNO4. The Morgan fingerprint density at radius 3 is 2.65 bits per heavy atom. The van der Waals surface area contributed by atoms with Crippen molar-refractivity contribution in [1.29, 1.82) is 0 Å². The predicted octanol–water partition coefficient (Wildman–Crippen LogP) is 1.57. The van der Waals surface area contributed by atoms with Crippen LogP contribution in [0.4, 0.5) is 4.39 Å². The van der Waals surface area contributed by atoms with E-state index in [1.165, 1.54) is 13.2 Å². The Balaban J connectivity index is 2.68. The highest BCUT2D eigenvalue weighted by Crippen LogP contribution is 2.56. The lowest BCUT2D eigenvalue weighted by Crippen LogP contribution is -2.07. The van der Waals surface area contributed by atoms with Crippen LogP contribution in [0.3, 0.4) is 0 Å². The largest absolute Gasteiger partial charge is 0.504 e. The minimum Gasteiger partial charge on any atom is -0.504 e. The average Bonchev–Trinajstić information content (AvgIpc) is 3.05. The van der Waals surface area contributed by atoms with Crippen molar-refractivity contribution in [3.63, 3.8) is 0 Å². The van der Waals surface area contributed by atoms with E-state index in [-0.39, 0.29) is 11.3 Å². The molecule has 1 aromatic rings. The maximum atomic E-state index is 14.0. The summed E-state index contributed by atoms with van der Waals surface area (Å²) in [7, 11) is 1.24. The molecule has 0 aliphatic heterocycles. The van der Waals surface area contributed by atoms with Crippen molar-refractivity contribution in [3.05, 3.63) is 17.4 Å². The van der Waals surface area contributed by atoms with Gasteiger partial charge >= 0.3 is 0 Å². The number of hydrogen-bond donors (Lipinski definition) is 2. The molecule has 2 rings (SSSR count). The molecule has 90 valence electrons. The van der Waals surface area contributed by atoms with Gasteiger partial charge in [-0.25, -0.2) is 9.18 Å². The van der Waals surface area contributed by atoms with Gasteiger partial charge in [0.25, 0.3) is 0 Å². The molecule has 0 saturated heterocycles. The zero-order valence-electron chi connectivity index (χ0n) is 9.03. The third kappa shape index (κ3) is 1.62.